The fraction of sp³-hybridized carbons (Fsp3) is 0.250. The van der Waals surface area contributed by atoms with Gasteiger partial charge in [-0.2, -0.15) is 0 Å². The number of amides is 1. The maximum Gasteiger partial charge on any atom is 0.310 e. The summed E-state index contributed by atoms with van der Waals surface area (Å²) in [5, 5.41) is 2.73. The van der Waals surface area contributed by atoms with Gasteiger partial charge in [0.05, 0.1) is 13.0 Å². The average molecular weight is 338 g/mol. The second-order valence-corrected chi connectivity index (χ2v) is 6.11. The molecule has 0 unspecified atom stereocenters. The summed E-state index contributed by atoms with van der Waals surface area (Å²) in [6.45, 7) is 8.26. The lowest BCUT2D eigenvalue weighted by Gasteiger charge is -2.09. The van der Waals surface area contributed by atoms with Crippen molar-refractivity contribution in [2.75, 3.05) is 11.9 Å². The lowest BCUT2D eigenvalue weighted by molar-refractivity contribution is -0.143. The van der Waals surface area contributed by atoms with Crippen molar-refractivity contribution in [2.24, 2.45) is 5.92 Å². The fourth-order valence-electron chi connectivity index (χ4n) is 2.04. The summed E-state index contributed by atoms with van der Waals surface area (Å²) < 4.78 is 5.14. The van der Waals surface area contributed by atoms with Crippen molar-refractivity contribution in [3.8, 4) is 0 Å². The number of benzene rings is 1. The predicted molar refractivity (Wildman–Crippen MR) is 98.1 cm³/mol. The molecule has 0 spiro atoms. The largest absolute Gasteiger partial charge is 0.465 e. The number of nitrogens with zero attached hydrogens (tertiary/aromatic N) is 1. The molecular weight excluding hydrogens is 316 g/mol. The summed E-state index contributed by atoms with van der Waals surface area (Å²) in [6, 6.07) is 12.4. The third kappa shape index (κ3) is 5.88. The van der Waals surface area contributed by atoms with Gasteiger partial charge in [0.2, 0.25) is 0 Å². The van der Waals surface area contributed by atoms with Crippen LogP contribution in [0, 0.1) is 5.92 Å². The van der Waals surface area contributed by atoms with Gasteiger partial charge in [0.25, 0.3) is 5.91 Å². The Kier molecular flexibility index (Phi) is 6.46. The molecule has 0 bridgehead atoms. The zero-order valence-electron chi connectivity index (χ0n) is 14.5. The molecule has 0 aliphatic carbocycles. The van der Waals surface area contributed by atoms with Crippen molar-refractivity contribution in [2.45, 2.75) is 20.3 Å². The molecule has 1 aromatic carbocycles. The Hall–Kier alpha value is -2.95. The highest BCUT2D eigenvalue weighted by atomic mass is 16.5. The van der Waals surface area contributed by atoms with Gasteiger partial charge < -0.3 is 10.1 Å². The van der Waals surface area contributed by atoms with E-state index >= 15 is 0 Å². The van der Waals surface area contributed by atoms with Crippen molar-refractivity contribution < 1.29 is 14.3 Å². The highest BCUT2D eigenvalue weighted by molar-refractivity contribution is 6.03. The summed E-state index contributed by atoms with van der Waals surface area (Å²) in [7, 11) is 0. The number of nitrogens with one attached hydrogen (secondary N) is 1. The molecule has 0 radical (unpaired) electrons. The molecule has 130 valence electrons. The molecule has 5 heteroatoms. The topological polar surface area (TPSA) is 68.3 Å². The second-order valence-electron chi connectivity index (χ2n) is 6.11. The normalized spacial score (nSPS) is 10.4. The van der Waals surface area contributed by atoms with Crippen LogP contribution in [0.1, 0.15) is 36.2 Å². The monoisotopic (exact) mass is 338 g/mol. The van der Waals surface area contributed by atoms with Gasteiger partial charge in [0.1, 0.15) is 5.82 Å². The van der Waals surface area contributed by atoms with E-state index in [-0.39, 0.29) is 18.3 Å². The van der Waals surface area contributed by atoms with Gasteiger partial charge in [0.15, 0.2) is 0 Å². The first-order valence-corrected chi connectivity index (χ1v) is 8.12. The third-order valence-electron chi connectivity index (χ3n) is 3.38. The first-order chi connectivity index (χ1) is 12.0. The molecule has 0 aliphatic rings. The van der Waals surface area contributed by atoms with Crippen LogP contribution in [0.4, 0.5) is 5.82 Å². The van der Waals surface area contributed by atoms with Crippen molar-refractivity contribution in [1.29, 1.82) is 0 Å². The molecule has 0 saturated heterocycles. The first-order valence-electron chi connectivity index (χ1n) is 8.12. The second kappa shape index (κ2) is 8.78. The Labute approximate surface area is 147 Å². The summed E-state index contributed by atoms with van der Waals surface area (Å²) in [5.41, 5.74) is 1.92. The van der Waals surface area contributed by atoms with Gasteiger partial charge in [0, 0.05) is 11.8 Å². The fourth-order valence-corrected chi connectivity index (χ4v) is 2.04. The van der Waals surface area contributed by atoms with Crippen molar-refractivity contribution in [1.82, 2.24) is 4.98 Å². The van der Waals surface area contributed by atoms with Crippen molar-refractivity contribution >= 4 is 23.3 Å². The molecule has 0 saturated carbocycles. The summed E-state index contributed by atoms with van der Waals surface area (Å²) in [4.78, 5) is 28.0. The first kappa shape index (κ1) is 18.4. The van der Waals surface area contributed by atoms with E-state index < -0.39 is 0 Å². The van der Waals surface area contributed by atoms with Crippen molar-refractivity contribution in [3.63, 3.8) is 0 Å². The van der Waals surface area contributed by atoms with Crippen LogP contribution in [0.5, 0.6) is 0 Å². The number of ether oxygens (including phenoxy) is 1. The number of pyridine rings is 1. The quantitative estimate of drug-likeness (QED) is 0.777. The lowest BCUT2D eigenvalue weighted by atomic mass is 10.1. The van der Waals surface area contributed by atoms with E-state index in [1.54, 1.807) is 42.6 Å². The van der Waals surface area contributed by atoms with Gasteiger partial charge in [-0.1, -0.05) is 38.6 Å². The SMILES string of the molecule is C=C(CC(=O)OCC(C)C)c1ccc(NC(=O)c2ccccc2)nc1. The molecule has 25 heavy (non-hydrogen) atoms. The smallest absolute Gasteiger partial charge is 0.310 e. The molecule has 2 rings (SSSR count). The zero-order valence-corrected chi connectivity index (χ0v) is 14.5. The molecule has 1 N–H and O–H groups in total. The van der Waals surface area contributed by atoms with Gasteiger partial charge in [-0.05, 0) is 41.3 Å². The molecule has 2 aromatic rings. The Morgan fingerprint density at radius 3 is 2.44 bits per heavy atom. The molecule has 1 aromatic heterocycles. The van der Waals surface area contributed by atoms with E-state index in [4.69, 9.17) is 4.74 Å². The Bertz CT molecular complexity index is 737. The van der Waals surface area contributed by atoms with E-state index in [0.29, 0.717) is 29.5 Å². The molecule has 0 fully saturated rings. The van der Waals surface area contributed by atoms with Crippen LogP contribution >= 0.6 is 0 Å². The van der Waals surface area contributed by atoms with Gasteiger partial charge >= 0.3 is 5.97 Å². The van der Waals surface area contributed by atoms with E-state index in [2.05, 4.69) is 16.9 Å². The molecule has 0 aliphatic heterocycles. The number of carbonyl (C=O) groups excluding carboxylic acids is 2. The highest BCUT2D eigenvalue weighted by Crippen LogP contribution is 2.18. The van der Waals surface area contributed by atoms with Gasteiger partial charge in [-0.15, -0.1) is 0 Å². The Morgan fingerprint density at radius 1 is 1.12 bits per heavy atom. The zero-order chi connectivity index (χ0) is 18.2. The van der Waals surface area contributed by atoms with Crippen LogP contribution in [0.25, 0.3) is 5.57 Å². The maximum absolute atomic E-state index is 12.1. The Balaban J connectivity index is 1.92. The summed E-state index contributed by atoms with van der Waals surface area (Å²) in [6.07, 6.45) is 1.70. The number of hydrogen-bond acceptors (Lipinski definition) is 4. The van der Waals surface area contributed by atoms with Gasteiger partial charge in [-0.3, -0.25) is 9.59 Å². The molecular formula is C20H22N2O3. The average Bonchev–Trinajstić information content (AvgIpc) is 2.61. The van der Waals surface area contributed by atoms with E-state index in [1.165, 1.54) is 0 Å². The number of anilines is 1. The minimum absolute atomic E-state index is 0.115. The van der Waals surface area contributed by atoms with E-state index in [9.17, 15) is 9.59 Å². The number of aromatic nitrogens is 1. The highest BCUT2D eigenvalue weighted by Gasteiger charge is 2.10. The maximum atomic E-state index is 12.1. The molecule has 0 atom stereocenters. The van der Waals surface area contributed by atoms with Crippen molar-refractivity contribution in [3.05, 3.63) is 66.4 Å². The lowest BCUT2D eigenvalue weighted by Crippen LogP contribution is -2.13. The number of carbonyl (C=O) groups is 2. The Morgan fingerprint density at radius 2 is 1.84 bits per heavy atom. The standard InChI is InChI=1S/C20H22N2O3/c1-14(2)13-25-19(23)11-15(3)17-9-10-18(21-12-17)22-20(24)16-7-5-4-6-8-16/h4-10,12,14H,3,11,13H2,1-2H3,(H,21,22,24). The van der Waals surface area contributed by atoms with Crippen LogP contribution in [0.15, 0.2) is 55.2 Å². The van der Waals surface area contributed by atoms with Crippen LogP contribution in [0.3, 0.4) is 0 Å². The van der Waals surface area contributed by atoms with Crippen LogP contribution in [0.2, 0.25) is 0 Å². The summed E-state index contributed by atoms with van der Waals surface area (Å²) >= 11 is 0. The van der Waals surface area contributed by atoms with E-state index in [1.807, 2.05) is 19.9 Å². The summed E-state index contributed by atoms with van der Waals surface area (Å²) in [5.74, 6) is 0.205. The molecule has 5 nitrogen and oxygen atoms in total. The van der Waals surface area contributed by atoms with Crippen LogP contribution in [-0.4, -0.2) is 23.5 Å². The minimum atomic E-state index is -0.305. The van der Waals surface area contributed by atoms with E-state index in [0.717, 1.165) is 5.56 Å². The van der Waals surface area contributed by atoms with Crippen LogP contribution < -0.4 is 5.32 Å². The molecule has 1 amide bonds. The number of hydrogen-bond donors (Lipinski definition) is 1. The third-order valence-corrected chi connectivity index (χ3v) is 3.38. The number of esters is 1. The number of rotatable bonds is 7. The minimum Gasteiger partial charge on any atom is -0.465 e. The predicted octanol–water partition coefficient (Wildman–Crippen LogP) is 3.94. The van der Waals surface area contributed by atoms with Gasteiger partial charge in [-0.25, -0.2) is 4.98 Å². The van der Waals surface area contributed by atoms with Crippen LogP contribution in [-0.2, 0) is 9.53 Å². The molecule has 1 heterocycles.